The average Bonchev–Trinajstić information content (AvgIpc) is 2.55. The predicted octanol–water partition coefficient (Wildman–Crippen LogP) is 4.05. The molecule has 2 amide bonds. The molecule has 0 saturated carbocycles. The second-order valence-corrected chi connectivity index (χ2v) is 7.08. The quantitative estimate of drug-likeness (QED) is 0.574. The lowest BCUT2D eigenvalue weighted by molar-refractivity contribution is -0.121. The molecular weight excluding hydrogens is 400 g/mol. The molecule has 0 bridgehead atoms. The van der Waals surface area contributed by atoms with Crippen molar-refractivity contribution in [3.8, 4) is 0 Å². The third-order valence-corrected chi connectivity index (χ3v) is 4.63. The standard InChI is InChI=1S/C16H14BrClN2O2S/c17-12-3-1-11(2-4-12)16(22)20-19-15(21)9-10-23-14-7-5-13(18)6-8-14/h1-8H,9-10H2,(H,19,21)(H,20,22). The molecule has 0 heterocycles. The minimum atomic E-state index is -0.351. The second-order valence-electron chi connectivity index (χ2n) is 4.56. The van der Waals surface area contributed by atoms with E-state index >= 15 is 0 Å². The van der Waals surface area contributed by atoms with Crippen molar-refractivity contribution >= 4 is 51.1 Å². The van der Waals surface area contributed by atoms with Crippen LogP contribution in [0.1, 0.15) is 16.8 Å². The van der Waals surface area contributed by atoms with Gasteiger partial charge < -0.3 is 0 Å². The topological polar surface area (TPSA) is 58.2 Å². The number of benzene rings is 2. The van der Waals surface area contributed by atoms with Gasteiger partial charge in [0.25, 0.3) is 5.91 Å². The van der Waals surface area contributed by atoms with Crippen LogP contribution in [0.3, 0.4) is 0 Å². The number of carbonyl (C=O) groups is 2. The zero-order chi connectivity index (χ0) is 16.7. The summed E-state index contributed by atoms with van der Waals surface area (Å²) in [7, 11) is 0. The van der Waals surface area contributed by atoms with Gasteiger partial charge in [0.05, 0.1) is 0 Å². The lowest BCUT2D eigenvalue weighted by Crippen LogP contribution is -2.41. The van der Waals surface area contributed by atoms with Gasteiger partial charge in [-0.15, -0.1) is 11.8 Å². The summed E-state index contributed by atoms with van der Waals surface area (Å²) >= 11 is 10.7. The first-order valence-electron chi connectivity index (χ1n) is 6.78. The van der Waals surface area contributed by atoms with E-state index in [9.17, 15) is 9.59 Å². The first-order chi connectivity index (χ1) is 11.0. The monoisotopic (exact) mass is 412 g/mol. The number of hydrazine groups is 1. The van der Waals surface area contributed by atoms with Gasteiger partial charge in [0.2, 0.25) is 5.91 Å². The van der Waals surface area contributed by atoms with Crippen LogP contribution in [0, 0.1) is 0 Å². The summed E-state index contributed by atoms with van der Waals surface area (Å²) in [6.07, 6.45) is 0.300. The van der Waals surface area contributed by atoms with E-state index in [1.807, 2.05) is 24.3 Å². The van der Waals surface area contributed by atoms with Gasteiger partial charge in [-0.05, 0) is 48.5 Å². The van der Waals surface area contributed by atoms with E-state index in [1.165, 1.54) is 0 Å². The Kier molecular flexibility index (Phi) is 6.95. The summed E-state index contributed by atoms with van der Waals surface area (Å²) in [6, 6.07) is 14.3. The lowest BCUT2D eigenvalue weighted by Gasteiger charge is -2.07. The number of nitrogens with one attached hydrogen (secondary N) is 2. The lowest BCUT2D eigenvalue weighted by atomic mass is 10.2. The Morgan fingerprint density at radius 3 is 2.30 bits per heavy atom. The molecule has 0 aliphatic rings. The normalized spacial score (nSPS) is 10.2. The molecule has 0 radical (unpaired) electrons. The maximum Gasteiger partial charge on any atom is 0.269 e. The highest BCUT2D eigenvalue weighted by molar-refractivity contribution is 9.10. The Morgan fingerprint density at radius 2 is 1.65 bits per heavy atom. The van der Waals surface area contributed by atoms with Crippen LogP contribution in [-0.2, 0) is 4.79 Å². The molecule has 0 atom stereocenters. The number of hydrogen-bond acceptors (Lipinski definition) is 3. The van der Waals surface area contributed by atoms with E-state index < -0.39 is 0 Å². The molecule has 7 heteroatoms. The van der Waals surface area contributed by atoms with Gasteiger partial charge in [-0.2, -0.15) is 0 Å². The van der Waals surface area contributed by atoms with Gasteiger partial charge >= 0.3 is 0 Å². The number of carbonyl (C=O) groups excluding carboxylic acids is 2. The van der Waals surface area contributed by atoms with Gasteiger partial charge in [0.1, 0.15) is 0 Å². The van der Waals surface area contributed by atoms with Crippen LogP contribution in [0.5, 0.6) is 0 Å². The van der Waals surface area contributed by atoms with Gasteiger partial charge in [-0.1, -0.05) is 27.5 Å². The molecular formula is C16H14BrClN2O2S. The van der Waals surface area contributed by atoms with Crippen LogP contribution >= 0.6 is 39.3 Å². The molecule has 2 N–H and O–H groups in total. The molecule has 120 valence electrons. The van der Waals surface area contributed by atoms with Gasteiger partial charge in [0, 0.05) is 32.1 Å². The fourth-order valence-corrected chi connectivity index (χ4v) is 2.90. The fourth-order valence-electron chi connectivity index (χ4n) is 1.65. The SMILES string of the molecule is O=C(CCSc1ccc(Cl)cc1)NNC(=O)c1ccc(Br)cc1. The minimum Gasteiger partial charge on any atom is -0.273 e. The summed E-state index contributed by atoms with van der Waals surface area (Å²) in [5.74, 6) is 0.0230. The van der Waals surface area contributed by atoms with Crippen molar-refractivity contribution < 1.29 is 9.59 Å². The summed E-state index contributed by atoms with van der Waals surface area (Å²) in [6.45, 7) is 0. The zero-order valence-electron chi connectivity index (χ0n) is 12.0. The molecule has 0 aromatic heterocycles. The third-order valence-electron chi connectivity index (χ3n) is 2.83. The molecule has 23 heavy (non-hydrogen) atoms. The van der Waals surface area contributed by atoms with Crippen LogP contribution in [0.25, 0.3) is 0 Å². The Hall–Kier alpha value is -1.50. The zero-order valence-corrected chi connectivity index (χ0v) is 15.2. The molecule has 0 fully saturated rings. The fraction of sp³-hybridized carbons (Fsp3) is 0.125. The predicted molar refractivity (Wildman–Crippen MR) is 96.5 cm³/mol. The number of halogens is 2. The van der Waals surface area contributed by atoms with Crippen LogP contribution in [0.4, 0.5) is 0 Å². The van der Waals surface area contributed by atoms with Crippen molar-refractivity contribution in [3.63, 3.8) is 0 Å². The van der Waals surface area contributed by atoms with E-state index in [-0.39, 0.29) is 11.8 Å². The van der Waals surface area contributed by atoms with E-state index in [2.05, 4.69) is 26.8 Å². The molecule has 0 unspecified atom stereocenters. The van der Waals surface area contributed by atoms with Crippen LogP contribution in [-0.4, -0.2) is 17.6 Å². The number of thioether (sulfide) groups is 1. The second kappa shape index (κ2) is 8.96. The summed E-state index contributed by atoms with van der Waals surface area (Å²) in [5, 5.41) is 0.683. The molecule has 2 aromatic rings. The van der Waals surface area contributed by atoms with E-state index in [4.69, 9.17) is 11.6 Å². The molecule has 4 nitrogen and oxygen atoms in total. The molecule has 0 saturated heterocycles. The van der Waals surface area contributed by atoms with E-state index in [1.54, 1.807) is 36.0 Å². The van der Waals surface area contributed by atoms with Gasteiger partial charge in [-0.25, -0.2) is 0 Å². The van der Waals surface area contributed by atoms with Crippen molar-refractivity contribution in [2.24, 2.45) is 0 Å². The van der Waals surface area contributed by atoms with Crippen molar-refractivity contribution in [3.05, 3.63) is 63.6 Å². The molecule has 0 aliphatic carbocycles. The van der Waals surface area contributed by atoms with Crippen molar-refractivity contribution in [2.75, 3.05) is 5.75 Å². The van der Waals surface area contributed by atoms with Crippen molar-refractivity contribution in [1.82, 2.24) is 10.9 Å². The minimum absolute atomic E-state index is 0.239. The highest BCUT2D eigenvalue weighted by atomic mass is 79.9. The Balaban J connectivity index is 1.69. The summed E-state index contributed by atoms with van der Waals surface area (Å²) in [5.41, 5.74) is 5.28. The molecule has 0 spiro atoms. The highest BCUT2D eigenvalue weighted by Gasteiger charge is 2.07. The van der Waals surface area contributed by atoms with Crippen LogP contribution in [0.15, 0.2) is 57.9 Å². The van der Waals surface area contributed by atoms with E-state index in [0.717, 1.165) is 9.37 Å². The van der Waals surface area contributed by atoms with E-state index in [0.29, 0.717) is 22.8 Å². The molecule has 0 aliphatic heterocycles. The van der Waals surface area contributed by atoms with Gasteiger partial charge in [-0.3, -0.25) is 20.4 Å². The number of rotatable bonds is 5. The smallest absolute Gasteiger partial charge is 0.269 e. The molecule has 2 rings (SSSR count). The van der Waals surface area contributed by atoms with Crippen LogP contribution < -0.4 is 10.9 Å². The Labute approximate surface area is 152 Å². The van der Waals surface area contributed by atoms with Crippen molar-refractivity contribution in [2.45, 2.75) is 11.3 Å². The maximum atomic E-state index is 11.8. The van der Waals surface area contributed by atoms with Crippen molar-refractivity contribution in [1.29, 1.82) is 0 Å². The van der Waals surface area contributed by atoms with Crippen LogP contribution in [0.2, 0.25) is 5.02 Å². The maximum absolute atomic E-state index is 11.8. The average molecular weight is 414 g/mol. The number of hydrogen-bond donors (Lipinski definition) is 2. The largest absolute Gasteiger partial charge is 0.273 e. The highest BCUT2D eigenvalue weighted by Crippen LogP contribution is 2.20. The van der Waals surface area contributed by atoms with Gasteiger partial charge in [0.15, 0.2) is 0 Å². The number of amides is 2. The first-order valence-corrected chi connectivity index (χ1v) is 8.93. The Morgan fingerprint density at radius 1 is 1.00 bits per heavy atom. The third kappa shape index (κ3) is 6.25. The first kappa shape index (κ1) is 17.8. The summed E-state index contributed by atoms with van der Waals surface area (Å²) in [4.78, 5) is 24.6. The summed E-state index contributed by atoms with van der Waals surface area (Å²) < 4.78 is 0.886. The Bertz CT molecular complexity index is 677. The molecule has 2 aromatic carbocycles.